The van der Waals surface area contributed by atoms with E-state index in [9.17, 15) is 4.79 Å². The fourth-order valence-electron chi connectivity index (χ4n) is 3.64. The van der Waals surface area contributed by atoms with E-state index in [0.29, 0.717) is 12.6 Å². The molecule has 1 fully saturated rings. The van der Waals surface area contributed by atoms with Crippen LogP contribution in [-0.4, -0.2) is 23.4 Å². The third kappa shape index (κ3) is 2.55. The summed E-state index contributed by atoms with van der Waals surface area (Å²) >= 11 is 1.62. The molecule has 0 spiro atoms. The van der Waals surface area contributed by atoms with Gasteiger partial charge in [-0.25, -0.2) is 0 Å². The summed E-state index contributed by atoms with van der Waals surface area (Å²) < 4.78 is 5.81. The van der Waals surface area contributed by atoms with Crippen LogP contribution in [0.5, 0.6) is 5.75 Å². The van der Waals surface area contributed by atoms with Gasteiger partial charge in [0, 0.05) is 28.6 Å². The van der Waals surface area contributed by atoms with Gasteiger partial charge in [-0.15, -0.1) is 11.3 Å². The van der Waals surface area contributed by atoms with E-state index in [1.807, 2.05) is 24.3 Å². The smallest absolute Gasteiger partial charge is 0.264 e. The standard InChI is InChI=1S/C19H21NO2S/c1-2-14-7-5-6-10-20(14)19(21)17-11-13-12-22-16-9-4-3-8-15(16)18(13)23-17/h3-4,8-9,11,14H,2,5-7,10,12H2,1H3/t14-/m0/s1. The normalized spacial score (nSPS) is 19.7. The number of carbonyl (C=O) groups is 1. The topological polar surface area (TPSA) is 29.5 Å². The van der Waals surface area contributed by atoms with Crippen molar-refractivity contribution < 1.29 is 9.53 Å². The number of hydrogen-bond acceptors (Lipinski definition) is 3. The number of rotatable bonds is 2. The molecule has 0 bridgehead atoms. The van der Waals surface area contributed by atoms with Crippen LogP contribution in [0.2, 0.25) is 0 Å². The molecule has 1 amide bonds. The van der Waals surface area contributed by atoms with Gasteiger partial charge in [-0.05, 0) is 43.9 Å². The van der Waals surface area contributed by atoms with E-state index in [0.717, 1.165) is 47.6 Å². The fraction of sp³-hybridized carbons (Fsp3) is 0.421. The zero-order valence-corrected chi connectivity index (χ0v) is 14.2. The number of nitrogens with zero attached hydrogens (tertiary/aromatic N) is 1. The quantitative estimate of drug-likeness (QED) is 0.799. The van der Waals surface area contributed by atoms with E-state index in [1.54, 1.807) is 11.3 Å². The third-order valence-corrected chi connectivity index (χ3v) is 6.09. The molecule has 3 nitrogen and oxygen atoms in total. The molecule has 0 saturated carbocycles. The minimum Gasteiger partial charge on any atom is -0.488 e. The van der Waals surface area contributed by atoms with Crippen molar-refractivity contribution in [2.75, 3.05) is 6.54 Å². The number of fused-ring (bicyclic) bond motifs is 3. The molecule has 23 heavy (non-hydrogen) atoms. The number of carbonyl (C=O) groups excluding carboxylic acids is 1. The van der Waals surface area contributed by atoms with Crippen molar-refractivity contribution in [3.8, 4) is 16.2 Å². The van der Waals surface area contributed by atoms with Crippen LogP contribution in [0.25, 0.3) is 10.4 Å². The lowest BCUT2D eigenvalue weighted by Gasteiger charge is -2.35. The zero-order valence-electron chi connectivity index (χ0n) is 13.4. The van der Waals surface area contributed by atoms with Crippen molar-refractivity contribution in [3.05, 3.63) is 40.8 Å². The van der Waals surface area contributed by atoms with Crippen molar-refractivity contribution in [1.29, 1.82) is 0 Å². The molecule has 3 heterocycles. The highest BCUT2D eigenvalue weighted by molar-refractivity contribution is 7.17. The number of amides is 1. The van der Waals surface area contributed by atoms with Crippen LogP contribution in [-0.2, 0) is 6.61 Å². The van der Waals surface area contributed by atoms with E-state index < -0.39 is 0 Å². The van der Waals surface area contributed by atoms with E-state index in [2.05, 4.69) is 17.9 Å². The molecule has 2 aromatic rings. The van der Waals surface area contributed by atoms with Crippen molar-refractivity contribution in [2.24, 2.45) is 0 Å². The van der Waals surface area contributed by atoms with Crippen LogP contribution in [0, 0.1) is 0 Å². The van der Waals surface area contributed by atoms with Crippen LogP contribution >= 0.6 is 11.3 Å². The van der Waals surface area contributed by atoms with Gasteiger partial charge >= 0.3 is 0 Å². The summed E-state index contributed by atoms with van der Waals surface area (Å²) in [6, 6.07) is 10.5. The molecular weight excluding hydrogens is 306 g/mol. The lowest BCUT2D eigenvalue weighted by molar-refractivity contribution is 0.0613. The van der Waals surface area contributed by atoms with Crippen molar-refractivity contribution in [2.45, 2.75) is 45.3 Å². The maximum absolute atomic E-state index is 13.0. The van der Waals surface area contributed by atoms with Gasteiger partial charge in [-0.2, -0.15) is 0 Å². The summed E-state index contributed by atoms with van der Waals surface area (Å²) in [6.45, 7) is 3.64. The van der Waals surface area contributed by atoms with Crippen LogP contribution in [0.4, 0.5) is 0 Å². The highest BCUT2D eigenvalue weighted by Gasteiger charge is 2.29. The van der Waals surface area contributed by atoms with Crippen LogP contribution in [0.3, 0.4) is 0 Å². The summed E-state index contributed by atoms with van der Waals surface area (Å²) in [4.78, 5) is 17.1. The van der Waals surface area contributed by atoms with Gasteiger partial charge in [-0.1, -0.05) is 19.1 Å². The SMILES string of the molecule is CC[C@H]1CCCCN1C(=O)c1cc2c(s1)-c1ccccc1OC2. The van der Waals surface area contributed by atoms with E-state index >= 15 is 0 Å². The molecule has 4 heteroatoms. The highest BCUT2D eigenvalue weighted by Crippen LogP contribution is 2.42. The Hall–Kier alpha value is -1.81. The second-order valence-electron chi connectivity index (χ2n) is 6.31. The Morgan fingerprint density at radius 3 is 3.09 bits per heavy atom. The molecule has 2 aliphatic rings. The molecule has 1 aromatic heterocycles. The Balaban J connectivity index is 1.67. The number of thiophene rings is 1. The third-order valence-electron chi connectivity index (χ3n) is 4.89. The molecule has 4 rings (SSSR count). The van der Waals surface area contributed by atoms with Crippen LogP contribution in [0.15, 0.2) is 30.3 Å². The van der Waals surface area contributed by atoms with Gasteiger partial charge in [0.2, 0.25) is 0 Å². The Bertz CT molecular complexity index is 737. The van der Waals surface area contributed by atoms with Gasteiger partial charge in [0.15, 0.2) is 0 Å². The molecule has 1 atom stereocenters. The number of ether oxygens (including phenoxy) is 1. The predicted molar refractivity (Wildman–Crippen MR) is 93.1 cm³/mol. The first kappa shape index (κ1) is 14.8. The Morgan fingerprint density at radius 2 is 2.22 bits per heavy atom. The first-order valence-electron chi connectivity index (χ1n) is 8.44. The summed E-state index contributed by atoms with van der Waals surface area (Å²) in [5, 5.41) is 0. The molecule has 2 aliphatic heterocycles. The highest BCUT2D eigenvalue weighted by atomic mass is 32.1. The maximum Gasteiger partial charge on any atom is 0.264 e. The zero-order chi connectivity index (χ0) is 15.8. The Labute approximate surface area is 140 Å². The maximum atomic E-state index is 13.0. The first-order valence-corrected chi connectivity index (χ1v) is 9.25. The molecule has 0 N–H and O–H groups in total. The molecule has 0 radical (unpaired) electrons. The van der Waals surface area contributed by atoms with E-state index in [1.165, 1.54) is 11.3 Å². The predicted octanol–water partition coefficient (Wildman–Crippen LogP) is 4.71. The van der Waals surface area contributed by atoms with Crippen molar-refractivity contribution in [3.63, 3.8) is 0 Å². The summed E-state index contributed by atoms with van der Waals surface area (Å²) in [7, 11) is 0. The van der Waals surface area contributed by atoms with Crippen molar-refractivity contribution in [1.82, 2.24) is 4.90 Å². The average Bonchev–Trinajstić information content (AvgIpc) is 3.05. The second-order valence-corrected chi connectivity index (χ2v) is 7.36. The Kier molecular flexibility index (Phi) is 3.85. The lowest BCUT2D eigenvalue weighted by atomic mass is 9.99. The number of hydrogen-bond donors (Lipinski definition) is 0. The van der Waals surface area contributed by atoms with Gasteiger partial charge in [0.05, 0.1) is 4.88 Å². The van der Waals surface area contributed by atoms with Gasteiger partial charge in [0.1, 0.15) is 12.4 Å². The summed E-state index contributed by atoms with van der Waals surface area (Å²) in [5.74, 6) is 1.12. The van der Waals surface area contributed by atoms with Crippen molar-refractivity contribution >= 4 is 17.2 Å². The molecule has 0 aliphatic carbocycles. The lowest BCUT2D eigenvalue weighted by Crippen LogP contribution is -2.43. The average molecular weight is 327 g/mol. The Morgan fingerprint density at radius 1 is 1.35 bits per heavy atom. The number of piperidine rings is 1. The summed E-state index contributed by atoms with van der Waals surface area (Å²) in [6.07, 6.45) is 4.55. The molecule has 120 valence electrons. The first-order chi connectivity index (χ1) is 11.3. The second kappa shape index (κ2) is 6.00. The molecular formula is C19H21NO2S. The van der Waals surface area contributed by atoms with E-state index in [4.69, 9.17) is 4.74 Å². The van der Waals surface area contributed by atoms with Crippen LogP contribution in [0.1, 0.15) is 47.8 Å². The van der Waals surface area contributed by atoms with E-state index in [-0.39, 0.29) is 5.91 Å². The minimum absolute atomic E-state index is 0.202. The van der Waals surface area contributed by atoms with Crippen LogP contribution < -0.4 is 4.74 Å². The number of benzene rings is 1. The van der Waals surface area contributed by atoms with Gasteiger partial charge in [-0.3, -0.25) is 4.79 Å². The van der Waals surface area contributed by atoms with Gasteiger partial charge in [0.25, 0.3) is 5.91 Å². The monoisotopic (exact) mass is 327 g/mol. The molecule has 1 aromatic carbocycles. The largest absolute Gasteiger partial charge is 0.488 e. The number of para-hydroxylation sites is 1. The summed E-state index contributed by atoms with van der Waals surface area (Å²) in [5.41, 5.74) is 2.26. The minimum atomic E-state index is 0.202. The van der Waals surface area contributed by atoms with Gasteiger partial charge < -0.3 is 9.64 Å². The number of likely N-dealkylation sites (tertiary alicyclic amines) is 1. The molecule has 0 unspecified atom stereocenters. The fourth-order valence-corrected chi connectivity index (χ4v) is 4.79. The molecule has 1 saturated heterocycles.